The van der Waals surface area contributed by atoms with E-state index in [1.807, 2.05) is 42.3 Å². The fourth-order valence-electron chi connectivity index (χ4n) is 3.46. The molecule has 0 radical (unpaired) electrons. The van der Waals surface area contributed by atoms with Crippen molar-refractivity contribution in [3.63, 3.8) is 0 Å². The Bertz CT molecular complexity index is 804. The number of amides is 2. The van der Waals surface area contributed by atoms with Crippen LogP contribution in [0.1, 0.15) is 18.4 Å². The van der Waals surface area contributed by atoms with Crippen LogP contribution < -0.4 is 5.32 Å². The normalized spacial score (nSPS) is 14.9. The predicted octanol–water partition coefficient (Wildman–Crippen LogP) is 3.13. The third kappa shape index (κ3) is 5.39. The molecule has 1 N–H and O–H groups in total. The smallest absolute Gasteiger partial charge is 0.236 e. The lowest BCUT2D eigenvalue weighted by Gasteiger charge is -2.32. The highest BCUT2D eigenvalue weighted by Crippen LogP contribution is 2.20. The minimum atomic E-state index is -0.257. The number of carbonyl (C=O) groups is 2. The number of anilines is 1. The van der Waals surface area contributed by atoms with Crippen LogP contribution in [-0.2, 0) is 16.1 Å². The molecule has 1 aliphatic heterocycles. The van der Waals surface area contributed by atoms with E-state index in [-0.39, 0.29) is 30.1 Å². The lowest BCUT2D eigenvalue weighted by molar-refractivity contribution is -0.135. The largest absolute Gasteiger partial charge is 0.342 e. The van der Waals surface area contributed by atoms with Crippen LogP contribution in [0.4, 0.5) is 10.1 Å². The van der Waals surface area contributed by atoms with Gasteiger partial charge in [-0.15, -0.1) is 0 Å². The molecule has 2 aromatic carbocycles. The quantitative estimate of drug-likeness (QED) is 0.834. The highest BCUT2D eigenvalue weighted by atomic mass is 19.1. The van der Waals surface area contributed by atoms with Crippen molar-refractivity contribution in [2.45, 2.75) is 19.4 Å². The molecule has 1 fully saturated rings. The fraction of sp³-hybridized carbons (Fsp3) is 0.364. The molecule has 148 valence electrons. The molecular weight excluding hydrogens is 357 g/mol. The summed E-state index contributed by atoms with van der Waals surface area (Å²) in [4.78, 5) is 28.5. The van der Waals surface area contributed by atoms with Gasteiger partial charge in [0, 0.05) is 36.8 Å². The number of nitrogens with one attached hydrogen (secondary N) is 1. The van der Waals surface area contributed by atoms with E-state index < -0.39 is 0 Å². The summed E-state index contributed by atoms with van der Waals surface area (Å²) in [7, 11) is 1.81. The van der Waals surface area contributed by atoms with E-state index in [2.05, 4.69) is 5.32 Å². The molecule has 1 saturated heterocycles. The van der Waals surface area contributed by atoms with Crippen molar-refractivity contribution < 1.29 is 14.0 Å². The molecule has 0 spiro atoms. The number of halogens is 1. The SMILES string of the molecule is CN(CC(=O)N1CCC(C(=O)Nc2ccccc2)CC1)Cc1ccccc1F. The van der Waals surface area contributed by atoms with Crippen LogP contribution in [0.5, 0.6) is 0 Å². The zero-order valence-electron chi connectivity index (χ0n) is 16.1. The van der Waals surface area contributed by atoms with Crippen molar-refractivity contribution in [1.82, 2.24) is 9.80 Å². The van der Waals surface area contributed by atoms with Gasteiger partial charge in [-0.05, 0) is 38.1 Å². The second-order valence-corrected chi connectivity index (χ2v) is 7.27. The first-order chi connectivity index (χ1) is 13.5. The van der Waals surface area contributed by atoms with Gasteiger partial charge in [-0.1, -0.05) is 36.4 Å². The van der Waals surface area contributed by atoms with E-state index in [4.69, 9.17) is 0 Å². The third-order valence-electron chi connectivity index (χ3n) is 5.06. The summed E-state index contributed by atoms with van der Waals surface area (Å²) >= 11 is 0. The Morgan fingerprint density at radius 2 is 1.71 bits per heavy atom. The monoisotopic (exact) mass is 383 g/mol. The first kappa shape index (κ1) is 20.0. The average Bonchev–Trinajstić information content (AvgIpc) is 2.70. The van der Waals surface area contributed by atoms with Gasteiger partial charge in [-0.2, -0.15) is 0 Å². The number of rotatable bonds is 6. The van der Waals surface area contributed by atoms with Gasteiger partial charge in [-0.25, -0.2) is 4.39 Å². The second kappa shape index (κ2) is 9.46. The van der Waals surface area contributed by atoms with E-state index in [9.17, 15) is 14.0 Å². The molecular formula is C22H26FN3O2. The van der Waals surface area contributed by atoms with Crippen molar-refractivity contribution in [2.75, 3.05) is 32.0 Å². The second-order valence-electron chi connectivity index (χ2n) is 7.27. The molecule has 1 heterocycles. The maximum atomic E-state index is 13.8. The molecule has 0 bridgehead atoms. The number of carbonyl (C=O) groups excluding carboxylic acids is 2. The van der Waals surface area contributed by atoms with Crippen LogP contribution in [-0.4, -0.2) is 48.3 Å². The van der Waals surface area contributed by atoms with Gasteiger partial charge in [0.05, 0.1) is 6.54 Å². The van der Waals surface area contributed by atoms with Gasteiger partial charge >= 0.3 is 0 Å². The zero-order chi connectivity index (χ0) is 19.9. The molecule has 5 nitrogen and oxygen atoms in total. The number of likely N-dealkylation sites (tertiary alicyclic amines) is 1. The van der Waals surface area contributed by atoms with Gasteiger partial charge < -0.3 is 10.2 Å². The van der Waals surface area contributed by atoms with Crippen LogP contribution in [0.2, 0.25) is 0 Å². The van der Waals surface area contributed by atoms with Crippen molar-refractivity contribution >= 4 is 17.5 Å². The maximum Gasteiger partial charge on any atom is 0.236 e. The summed E-state index contributed by atoms with van der Waals surface area (Å²) in [6.07, 6.45) is 1.31. The first-order valence-corrected chi connectivity index (χ1v) is 9.58. The topological polar surface area (TPSA) is 52.7 Å². The van der Waals surface area contributed by atoms with Gasteiger partial charge in [0.25, 0.3) is 0 Å². The maximum absolute atomic E-state index is 13.8. The van der Waals surface area contributed by atoms with Crippen molar-refractivity contribution in [2.24, 2.45) is 5.92 Å². The van der Waals surface area contributed by atoms with Crippen molar-refractivity contribution in [3.05, 3.63) is 66.0 Å². The van der Waals surface area contributed by atoms with Crippen LogP contribution in [0.25, 0.3) is 0 Å². The molecule has 28 heavy (non-hydrogen) atoms. The number of piperidine rings is 1. The van der Waals surface area contributed by atoms with E-state index >= 15 is 0 Å². The molecule has 0 saturated carbocycles. The molecule has 0 aliphatic carbocycles. The number of benzene rings is 2. The highest BCUT2D eigenvalue weighted by Gasteiger charge is 2.27. The van der Waals surface area contributed by atoms with Crippen LogP contribution in [0.3, 0.4) is 0 Å². The Morgan fingerprint density at radius 1 is 1.07 bits per heavy atom. The van der Waals surface area contributed by atoms with E-state index in [0.29, 0.717) is 38.0 Å². The Labute approximate surface area is 165 Å². The number of nitrogens with zero attached hydrogens (tertiary/aromatic N) is 2. The summed E-state index contributed by atoms with van der Waals surface area (Å²) in [6, 6.07) is 16.0. The lowest BCUT2D eigenvalue weighted by Crippen LogP contribution is -2.45. The van der Waals surface area contributed by atoms with Crippen LogP contribution >= 0.6 is 0 Å². The van der Waals surface area contributed by atoms with Crippen molar-refractivity contribution in [3.8, 4) is 0 Å². The molecule has 1 aliphatic rings. The minimum absolute atomic E-state index is 0.00923. The molecule has 0 atom stereocenters. The Kier molecular flexibility index (Phi) is 6.76. The van der Waals surface area contributed by atoms with Crippen LogP contribution in [0.15, 0.2) is 54.6 Å². The molecule has 6 heteroatoms. The number of hydrogen-bond donors (Lipinski definition) is 1. The summed E-state index contributed by atoms with van der Waals surface area (Å²) in [5, 5.41) is 2.93. The summed E-state index contributed by atoms with van der Waals surface area (Å²) in [5.74, 6) is -0.317. The van der Waals surface area contributed by atoms with E-state index in [1.165, 1.54) is 6.07 Å². The number of hydrogen-bond acceptors (Lipinski definition) is 3. The third-order valence-corrected chi connectivity index (χ3v) is 5.06. The Morgan fingerprint density at radius 3 is 2.39 bits per heavy atom. The average molecular weight is 383 g/mol. The Balaban J connectivity index is 1.44. The summed E-state index contributed by atoms with van der Waals surface area (Å²) < 4.78 is 13.8. The van der Waals surface area contributed by atoms with Gasteiger partial charge in [0.15, 0.2) is 0 Å². The Hall–Kier alpha value is -2.73. The first-order valence-electron chi connectivity index (χ1n) is 9.58. The van der Waals surface area contributed by atoms with E-state index in [1.54, 1.807) is 23.1 Å². The van der Waals surface area contributed by atoms with E-state index in [0.717, 1.165) is 5.69 Å². The summed E-state index contributed by atoms with van der Waals surface area (Å²) in [6.45, 7) is 1.75. The van der Waals surface area contributed by atoms with Gasteiger partial charge in [0.1, 0.15) is 5.82 Å². The molecule has 3 rings (SSSR count). The zero-order valence-corrected chi connectivity index (χ0v) is 16.1. The molecule has 2 aromatic rings. The minimum Gasteiger partial charge on any atom is -0.342 e. The van der Waals surface area contributed by atoms with Crippen LogP contribution in [0, 0.1) is 11.7 Å². The van der Waals surface area contributed by atoms with Gasteiger partial charge in [-0.3, -0.25) is 14.5 Å². The molecule has 0 aromatic heterocycles. The van der Waals surface area contributed by atoms with Crippen molar-refractivity contribution in [1.29, 1.82) is 0 Å². The lowest BCUT2D eigenvalue weighted by atomic mass is 9.95. The number of para-hydroxylation sites is 1. The predicted molar refractivity (Wildman–Crippen MR) is 107 cm³/mol. The number of likely N-dealkylation sites (N-methyl/N-ethyl adjacent to an activating group) is 1. The molecule has 0 unspecified atom stereocenters. The standard InChI is InChI=1S/C22H26FN3O2/c1-25(15-18-7-5-6-10-20(18)23)16-21(27)26-13-11-17(12-14-26)22(28)24-19-8-3-2-4-9-19/h2-10,17H,11-16H2,1H3,(H,24,28). The van der Waals surface area contributed by atoms with Gasteiger partial charge in [0.2, 0.25) is 11.8 Å². The summed E-state index contributed by atoms with van der Waals surface area (Å²) in [5.41, 5.74) is 1.37. The fourth-order valence-corrected chi connectivity index (χ4v) is 3.46. The highest BCUT2D eigenvalue weighted by molar-refractivity contribution is 5.92. The molecule has 2 amide bonds.